The van der Waals surface area contributed by atoms with Gasteiger partial charge in [-0.1, -0.05) is 20.8 Å². The second-order valence-corrected chi connectivity index (χ2v) is 8.20. The van der Waals surface area contributed by atoms with Gasteiger partial charge >= 0.3 is 0 Å². The van der Waals surface area contributed by atoms with Crippen molar-refractivity contribution in [3.05, 3.63) is 17.0 Å². The van der Waals surface area contributed by atoms with Gasteiger partial charge in [0.05, 0.1) is 0 Å². The molecule has 0 bridgehead atoms. The topological polar surface area (TPSA) is 66.4 Å². The predicted octanol–water partition coefficient (Wildman–Crippen LogP) is 2.00. The lowest BCUT2D eigenvalue weighted by atomic mass is 9.91. The highest BCUT2D eigenvalue weighted by Crippen LogP contribution is 2.23. The van der Waals surface area contributed by atoms with E-state index in [0.717, 1.165) is 11.3 Å². The number of sulfonamides is 1. The molecule has 0 aliphatic heterocycles. The zero-order chi connectivity index (χ0) is 13.8. The molecule has 1 aromatic heterocycles. The second-order valence-electron chi connectivity index (χ2n) is 5.04. The van der Waals surface area contributed by atoms with E-state index in [9.17, 15) is 8.42 Å². The van der Waals surface area contributed by atoms with Crippen LogP contribution < -0.4 is 4.72 Å². The van der Waals surface area contributed by atoms with Crippen LogP contribution in [0.5, 0.6) is 0 Å². The SMILES string of the molecule is CCC(C)(C)CNS(=O)(=O)c1ccc(CCO)s1. The van der Waals surface area contributed by atoms with Crippen LogP contribution in [0.2, 0.25) is 0 Å². The Morgan fingerprint density at radius 1 is 1.39 bits per heavy atom. The molecule has 4 nitrogen and oxygen atoms in total. The number of hydrogen-bond acceptors (Lipinski definition) is 4. The first-order valence-electron chi connectivity index (χ1n) is 6.00. The maximum absolute atomic E-state index is 12.0. The van der Waals surface area contributed by atoms with Crippen LogP contribution in [0, 0.1) is 5.41 Å². The summed E-state index contributed by atoms with van der Waals surface area (Å²) in [5.41, 5.74) is -0.0434. The summed E-state index contributed by atoms with van der Waals surface area (Å²) in [5.74, 6) is 0. The predicted molar refractivity (Wildman–Crippen MR) is 74.4 cm³/mol. The van der Waals surface area contributed by atoms with Gasteiger partial charge < -0.3 is 5.11 Å². The molecule has 0 fully saturated rings. The minimum Gasteiger partial charge on any atom is -0.396 e. The summed E-state index contributed by atoms with van der Waals surface area (Å²) >= 11 is 1.21. The van der Waals surface area contributed by atoms with Crippen LogP contribution >= 0.6 is 11.3 Å². The Balaban J connectivity index is 2.74. The Morgan fingerprint density at radius 3 is 2.61 bits per heavy atom. The van der Waals surface area contributed by atoms with Crippen molar-refractivity contribution in [2.45, 2.75) is 37.8 Å². The summed E-state index contributed by atoms with van der Waals surface area (Å²) in [5, 5.41) is 8.82. The highest BCUT2D eigenvalue weighted by molar-refractivity contribution is 7.91. The van der Waals surface area contributed by atoms with Crippen LogP contribution in [0.4, 0.5) is 0 Å². The Bertz CT molecular complexity index is 477. The molecule has 0 aliphatic carbocycles. The van der Waals surface area contributed by atoms with Crippen molar-refractivity contribution in [2.24, 2.45) is 5.41 Å². The van der Waals surface area contributed by atoms with E-state index in [1.165, 1.54) is 11.3 Å². The molecule has 18 heavy (non-hydrogen) atoms. The quantitative estimate of drug-likeness (QED) is 0.807. The third kappa shape index (κ3) is 4.35. The molecule has 0 aliphatic rings. The summed E-state index contributed by atoms with van der Waals surface area (Å²) < 4.78 is 27.1. The smallest absolute Gasteiger partial charge is 0.250 e. The standard InChI is InChI=1S/C12H21NO3S2/c1-4-12(2,3)9-13-18(15,16)11-6-5-10(17-11)7-8-14/h5-6,13-14H,4,7-9H2,1-3H3. The van der Waals surface area contributed by atoms with Gasteiger partial charge in [-0.3, -0.25) is 0 Å². The number of nitrogens with one attached hydrogen (secondary N) is 1. The number of thiophene rings is 1. The number of aliphatic hydroxyl groups excluding tert-OH is 1. The van der Waals surface area contributed by atoms with E-state index in [-0.39, 0.29) is 12.0 Å². The van der Waals surface area contributed by atoms with Crippen molar-refractivity contribution < 1.29 is 13.5 Å². The van der Waals surface area contributed by atoms with E-state index in [2.05, 4.69) is 4.72 Å². The van der Waals surface area contributed by atoms with Crippen molar-refractivity contribution >= 4 is 21.4 Å². The molecular weight excluding hydrogens is 270 g/mol. The summed E-state index contributed by atoms with van der Waals surface area (Å²) in [6, 6.07) is 3.34. The van der Waals surface area contributed by atoms with Crippen molar-refractivity contribution in [3.63, 3.8) is 0 Å². The summed E-state index contributed by atoms with van der Waals surface area (Å²) in [6.07, 6.45) is 1.41. The van der Waals surface area contributed by atoms with E-state index in [1.807, 2.05) is 20.8 Å². The molecule has 0 amide bonds. The first-order valence-corrected chi connectivity index (χ1v) is 8.30. The molecule has 0 spiro atoms. The molecule has 0 unspecified atom stereocenters. The molecule has 0 radical (unpaired) electrons. The zero-order valence-electron chi connectivity index (χ0n) is 11.1. The lowest BCUT2D eigenvalue weighted by Crippen LogP contribution is -2.33. The summed E-state index contributed by atoms with van der Waals surface area (Å²) in [4.78, 5) is 0.882. The maximum Gasteiger partial charge on any atom is 0.250 e. The average molecular weight is 291 g/mol. The largest absolute Gasteiger partial charge is 0.396 e. The molecule has 1 rings (SSSR count). The molecule has 1 aromatic rings. The lowest BCUT2D eigenvalue weighted by Gasteiger charge is -2.22. The third-order valence-corrected chi connectivity index (χ3v) is 6.00. The maximum atomic E-state index is 12.0. The fourth-order valence-corrected chi connectivity index (χ4v) is 3.86. The molecular formula is C12H21NO3S2. The number of aliphatic hydroxyl groups is 1. The first-order chi connectivity index (χ1) is 8.30. The van der Waals surface area contributed by atoms with Gasteiger partial charge in [-0.15, -0.1) is 11.3 Å². The highest BCUT2D eigenvalue weighted by atomic mass is 32.2. The minimum absolute atomic E-state index is 0.0380. The van der Waals surface area contributed by atoms with E-state index in [1.54, 1.807) is 12.1 Å². The number of hydrogen-bond donors (Lipinski definition) is 2. The molecule has 6 heteroatoms. The third-order valence-electron chi connectivity index (χ3n) is 2.96. The first kappa shape index (κ1) is 15.6. The average Bonchev–Trinajstić information content (AvgIpc) is 2.77. The Labute approximate surface area is 113 Å². The van der Waals surface area contributed by atoms with E-state index in [4.69, 9.17) is 5.11 Å². The molecule has 1 heterocycles. The minimum atomic E-state index is -3.41. The van der Waals surface area contributed by atoms with Crippen molar-refractivity contribution in [1.82, 2.24) is 4.72 Å². The molecule has 0 aromatic carbocycles. The second kappa shape index (κ2) is 6.14. The monoisotopic (exact) mass is 291 g/mol. The van der Waals surface area contributed by atoms with Gasteiger partial charge in [-0.05, 0) is 24.0 Å². The Morgan fingerprint density at radius 2 is 2.06 bits per heavy atom. The zero-order valence-corrected chi connectivity index (χ0v) is 12.7. The van der Waals surface area contributed by atoms with Gasteiger partial charge in [0.25, 0.3) is 0 Å². The van der Waals surface area contributed by atoms with Crippen LogP contribution in [0.15, 0.2) is 16.3 Å². The van der Waals surface area contributed by atoms with Crippen LogP contribution in [-0.2, 0) is 16.4 Å². The van der Waals surface area contributed by atoms with Crippen LogP contribution in [-0.4, -0.2) is 26.7 Å². The fourth-order valence-electron chi connectivity index (χ4n) is 1.23. The molecule has 0 saturated carbocycles. The van der Waals surface area contributed by atoms with Gasteiger partial charge in [0.15, 0.2) is 0 Å². The van der Waals surface area contributed by atoms with Gasteiger partial charge in [-0.2, -0.15) is 0 Å². The normalized spacial score (nSPS) is 12.9. The molecule has 2 N–H and O–H groups in total. The van der Waals surface area contributed by atoms with Crippen LogP contribution in [0.3, 0.4) is 0 Å². The van der Waals surface area contributed by atoms with Crippen molar-refractivity contribution in [3.8, 4) is 0 Å². The van der Waals surface area contributed by atoms with Gasteiger partial charge in [-0.25, -0.2) is 13.1 Å². The van der Waals surface area contributed by atoms with E-state index >= 15 is 0 Å². The van der Waals surface area contributed by atoms with Gasteiger partial charge in [0, 0.05) is 24.4 Å². The van der Waals surface area contributed by atoms with Crippen LogP contribution in [0.1, 0.15) is 32.1 Å². The highest BCUT2D eigenvalue weighted by Gasteiger charge is 2.21. The summed E-state index contributed by atoms with van der Waals surface area (Å²) in [7, 11) is -3.41. The Hall–Kier alpha value is -0.430. The van der Waals surface area contributed by atoms with Crippen LogP contribution in [0.25, 0.3) is 0 Å². The number of rotatable bonds is 7. The Kier molecular flexibility index (Phi) is 5.33. The molecule has 0 atom stereocenters. The molecule has 0 saturated heterocycles. The molecule has 104 valence electrons. The van der Waals surface area contributed by atoms with Gasteiger partial charge in [0.2, 0.25) is 10.0 Å². The van der Waals surface area contributed by atoms with Gasteiger partial charge in [0.1, 0.15) is 4.21 Å². The van der Waals surface area contributed by atoms with E-state index < -0.39 is 10.0 Å². The summed E-state index contributed by atoms with van der Waals surface area (Å²) in [6.45, 7) is 6.57. The fraction of sp³-hybridized carbons (Fsp3) is 0.667. The van der Waals surface area contributed by atoms with E-state index in [0.29, 0.717) is 17.2 Å². The van der Waals surface area contributed by atoms with Crippen molar-refractivity contribution in [2.75, 3.05) is 13.2 Å². The lowest BCUT2D eigenvalue weighted by molar-refractivity contribution is 0.300. The van der Waals surface area contributed by atoms with Crippen molar-refractivity contribution in [1.29, 1.82) is 0 Å².